The molecule has 6 heteroatoms. The standard InChI is InChI=1S/C70H42N6/c1-4-18-46-35-51(32-29-43(46)15-1)65-71-66(52-33-30-44-16-2-5-19-47(44)36-52)74-69(73-65)70-75-67(53-34-31-45-17-3-6-20-48(45)37-53)72-68(76-70)56-39-54(63-41-49-21-7-9-23-57(49)59-25-11-13-27-61(59)63)38-55(40-56)64-42-50-22-8-10-24-58(50)60-26-12-14-28-62(60)64/h1-42H. The van der Waals surface area contributed by atoms with Crippen LogP contribution >= 0.6 is 0 Å². The average molecular weight is 967 g/mol. The molecule has 0 bridgehead atoms. The first-order valence-corrected chi connectivity index (χ1v) is 25.6. The summed E-state index contributed by atoms with van der Waals surface area (Å²) in [6, 6.07) is 90.2. The number of benzene rings is 13. The molecule has 0 N–H and O–H groups in total. The molecule has 0 fully saturated rings. The third-order valence-corrected chi connectivity index (χ3v) is 14.8. The van der Waals surface area contributed by atoms with E-state index in [-0.39, 0.29) is 0 Å². The van der Waals surface area contributed by atoms with E-state index in [9.17, 15) is 0 Å². The van der Waals surface area contributed by atoms with Gasteiger partial charge in [-0.2, -0.15) is 0 Å². The van der Waals surface area contributed by atoms with Gasteiger partial charge in [0, 0.05) is 22.3 Å². The fraction of sp³-hybridized carbons (Fsp3) is 0. The molecule has 0 unspecified atom stereocenters. The van der Waals surface area contributed by atoms with Crippen molar-refractivity contribution in [3.8, 4) is 79.5 Å². The molecule has 0 aliphatic heterocycles. The van der Waals surface area contributed by atoms with Gasteiger partial charge in [0.2, 0.25) is 11.6 Å². The summed E-state index contributed by atoms with van der Waals surface area (Å²) in [5.74, 6) is 2.70. The van der Waals surface area contributed by atoms with Gasteiger partial charge in [-0.1, -0.05) is 206 Å². The zero-order chi connectivity index (χ0) is 50.1. The topological polar surface area (TPSA) is 77.3 Å². The first-order valence-electron chi connectivity index (χ1n) is 25.6. The summed E-state index contributed by atoms with van der Waals surface area (Å²) in [5.41, 5.74) is 7.70. The van der Waals surface area contributed by atoms with Gasteiger partial charge < -0.3 is 0 Å². The number of aromatic nitrogens is 6. The van der Waals surface area contributed by atoms with Gasteiger partial charge in [0.15, 0.2) is 23.3 Å². The zero-order valence-electron chi connectivity index (χ0n) is 40.9. The molecule has 0 aliphatic rings. The average Bonchev–Trinajstić information content (AvgIpc) is 3.51. The summed E-state index contributed by atoms with van der Waals surface area (Å²) < 4.78 is 0. The van der Waals surface area contributed by atoms with E-state index < -0.39 is 0 Å². The van der Waals surface area contributed by atoms with E-state index in [0.717, 1.165) is 87.6 Å². The van der Waals surface area contributed by atoms with Crippen LogP contribution in [0.1, 0.15) is 0 Å². The molecule has 76 heavy (non-hydrogen) atoms. The van der Waals surface area contributed by atoms with Gasteiger partial charge >= 0.3 is 0 Å². The molecule has 352 valence electrons. The minimum Gasteiger partial charge on any atom is -0.208 e. The minimum absolute atomic E-state index is 0.332. The van der Waals surface area contributed by atoms with Gasteiger partial charge in [-0.25, -0.2) is 29.9 Å². The molecule has 0 saturated carbocycles. The first kappa shape index (κ1) is 43.3. The zero-order valence-corrected chi connectivity index (χ0v) is 40.9. The van der Waals surface area contributed by atoms with Crippen molar-refractivity contribution in [3.05, 3.63) is 255 Å². The second-order valence-corrected chi connectivity index (χ2v) is 19.5. The Bertz CT molecular complexity index is 4620. The monoisotopic (exact) mass is 966 g/mol. The Morgan fingerprint density at radius 2 is 0.434 bits per heavy atom. The predicted molar refractivity (Wildman–Crippen MR) is 314 cm³/mol. The fourth-order valence-corrected chi connectivity index (χ4v) is 11.1. The van der Waals surface area contributed by atoms with Crippen LogP contribution in [0.25, 0.3) is 155 Å². The van der Waals surface area contributed by atoms with E-state index in [1.165, 1.54) is 32.3 Å². The molecular weight excluding hydrogens is 925 g/mol. The highest BCUT2D eigenvalue weighted by molar-refractivity contribution is 6.16. The number of hydrogen-bond donors (Lipinski definition) is 0. The van der Waals surface area contributed by atoms with Crippen molar-refractivity contribution in [2.24, 2.45) is 0 Å². The van der Waals surface area contributed by atoms with Crippen LogP contribution in [0.5, 0.6) is 0 Å². The Morgan fingerprint density at radius 1 is 0.158 bits per heavy atom. The summed E-state index contributed by atoms with van der Waals surface area (Å²) in [4.78, 5) is 31.9. The Hall–Kier alpha value is -10.3. The number of fused-ring (bicyclic) bond motifs is 9. The van der Waals surface area contributed by atoms with Crippen molar-refractivity contribution in [2.45, 2.75) is 0 Å². The van der Waals surface area contributed by atoms with Crippen LogP contribution in [-0.4, -0.2) is 29.9 Å². The van der Waals surface area contributed by atoms with E-state index in [1.54, 1.807) is 0 Å². The van der Waals surface area contributed by atoms with Gasteiger partial charge in [-0.05, 0) is 146 Å². The molecule has 13 aromatic carbocycles. The predicted octanol–water partition coefficient (Wildman–Crippen LogP) is 17.8. The van der Waals surface area contributed by atoms with Crippen molar-refractivity contribution in [1.29, 1.82) is 0 Å². The van der Waals surface area contributed by atoms with E-state index >= 15 is 0 Å². The Labute approximate surface area is 437 Å². The Morgan fingerprint density at radius 3 is 0.816 bits per heavy atom. The van der Waals surface area contributed by atoms with Gasteiger partial charge in [-0.3, -0.25) is 0 Å². The van der Waals surface area contributed by atoms with Crippen molar-refractivity contribution in [3.63, 3.8) is 0 Å². The summed E-state index contributed by atoms with van der Waals surface area (Å²) >= 11 is 0. The second kappa shape index (κ2) is 17.7. The maximum Gasteiger partial charge on any atom is 0.202 e. The molecule has 0 amide bonds. The lowest BCUT2D eigenvalue weighted by Gasteiger charge is -2.16. The summed E-state index contributed by atoms with van der Waals surface area (Å²) in [5, 5.41) is 16.1. The maximum atomic E-state index is 5.45. The second-order valence-electron chi connectivity index (χ2n) is 19.5. The van der Waals surface area contributed by atoms with Crippen molar-refractivity contribution < 1.29 is 0 Å². The third-order valence-electron chi connectivity index (χ3n) is 14.8. The van der Waals surface area contributed by atoms with Crippen LogP contribution in [0, 0.1) is 0 Å². The molecule has 0 radical (unpaired) electrons. The first-order chi connectivity index (χ1) is 37.6. The molecule has 15 aromatic rings. The van der Waals surface area contributed by atoms with Gasteiger partial charge in [0.25, 0.3) is 0 Å². The van der Waals surface area contributed by atoms with E-state index in [2.05, 4.69) is 255 Å². The molecule has 2 heterocycles. The van der Waals surface area contributed by atoms with Crippen LogP contribution in [0.2, 0.25) is 0 Å². The van der Waals surface area contributed by atoms with Crippen molar-refractivity contribution in [2.75, 3.05) is 0 Å². The van der Waals surface area contributed by atoms with Crippen LogP contribution in [0.4, 0.5) is 0 Å². The number of nitrogens with zero attached hydrogens (tertiary/aromatic N) is 6. The lowest BCUT2D eigenvalue weighted by atomic mass is 9.88. The highest BCUT2D eigenvalue weighted by Crippen LogP contribution is 2.42. The number of rotatable bonds is 7. The van der Waals surface area contributed by atoms with Gasteiger partial charge in [-0.15, -0.1) is 0 Å². The smallest absolute Gasteiger partial charge is 0.202 e. The van der Waals surface area contributed by atoms with Crippen molar-refractivity contribution >= 4 is 75.4 Å². The maximum absolute atomic E-state index is 5.45. The molecule has 15 rings (SSSR count). The lowest BCUT2D eigenvalue weighted by molar-refractivity contribution is 1.00. The highest BCUT2D eigenvalue weighted by Gasteiger charge is 2.21. The molecule has 0 atom stereocenters. The molecular formula is C70H42N6. The molecule has 0 aliphatic carbocycles. The largest absolute Gasteiger partial charge is 0.208 e. The fourth-order valence-electron chi connectivity index (χ4n) is 11.1. The molecule has 6 nitrogen and oxygen atoms in total. The Balaban J connectivity index is 1.01. The highest BCUT2D eigenvalue weighted by atomic mass is 15.1. The van der Waals surface area contributed by atoms with Crippen LogP contribution in [-0.2, 0) is 0 Å². The van der Waals surface area contributed by atoms with Gasteiger partial charge in [0.1, 0.15) is 0 Å². The van der Waals surface area contributed by atoms with Crippen LogP contribution < -0.4 is 0 Å². The molecule has 0 spiro atoms. The van der Waals surface area contributed by atoms with E-state index in [0.29, 0.717) is 34.9 Å². The summed E-state index contributed by atoms with van der Waals surface area (Å²) in [7, 11) is 0. The third kappa shape index (κ3) is 7.59. The van der Waals surface area contributed by atoms with E-state index in [4.69, 9.17) is 29.9 Å². The number of hydrogen-bond acceptors (Lipinski definition) is 6. The van der Waals surface area contributed by atoms with Gasteiger partial charge in [0.05, 0.1) is 0 Å². The van der Waals surface area contributed by atoms with Crippen molar-refractivity contribution in [1.82, 2.24) is 29.9 Å². The normalized spacial score (nSPS) is 11.7. The molecule has 0 saturated heterocycles. The van der Waals surface area contributed by atoms with E-state index in [1.807, 2.05) is 0 Å². The SMILES string of the molecule is c1ccc2cc(-c3nc(-c4cc(-c5cc6ccccc6c6ccccc56)cc(-c5cc6ccccc6c6ccccc56)c4)nc(-c4nc(-c5ccc6ccccc6c5)nc(-c5ccc6ccccc6c5)n4)n3)ccc2c1. The van der Waals surface area contributed by atoms with Crippen LogP contribution in [0.15, 0.2) is 255 Å². The van der Waals surface area contributed by atoms with Crippen LogP contribution in [0.3, 0.4) is 0 Å². The Kier molecular flexibility index (Phi) is 10.1. The lowest BCUT2D eigenvalue weighted by Crippen LogP contribution is -2.06. The minimum atomic E-state index is 0.332. The summed E-state index contributed by atoms with van der Waals surface area (Å²) in [6.07, 6.45) is 0. The quantitative estimate of drug-likeness (QED) is 0.148. The molecule has 2 aromatic heterocycles. The summed E-state index contributed by atoms with van der Waals surface area (Å²) in [6.45, 7) is 0.